The number of rotatable bonds is 11. The standard InChI is InChI=1S/C24H26ClNO7S/c1-3-34(29,30)16-20(27)15-33-22-9-8-19(12-23(22)31-2)26-11-10-21(13-24(26)28)32-14-17-4-6-18(25)7-5-17/h4-13,20,27H,3,14-16H2,1-2H3/t20-/m1/s1. The molecule has 2 aromatic carbocycles. The average Bonchev–Trinajstić information content (AvgIpc) is 2.82. The van der Waals surface area contributed by atoms with Gasteiger partial charge in [0.1, 0.15) is 25.1 Å². The summed E-state index contributed by atoms with van der Waals surface area (Å²) in [5, 5.41) is 10.6. The lowest BCUT2D eigenvalue weighted by atomic mass is 10.2. The Morgan fingerprint density at radius 2 is 1.76 bits per heavy atom. The summed E-state index contributed by atoms with van der Waals surface area (Å²) in [6.07, 6.45) is 0.422. The SMILES string of the molecule is CCS(=O)(=O)C[C@H](O)COc1ccc(-n2ccc(OCc3ccc(Cl)cc3)cc2=O)cc1OC. The van der Waals surface area contributed by atoms with Crippen molar-refractivity contribution < 1.29 is 27.7 Å². The minimum absolute atomic E-state index is 0.0538. The third-order valence-electron chi connectivity index (χ3n) is 4.95. The topological polar surface area (TPSA) is 104 Å². The molecule has 0 saturated heterocycles. The lowest BCUT2D eigenvalue weighted by molar-refractivity contribution is 0.123. The van der Waals surface area contributed by atoms with Gasteiger partial charge in [-0.05, 0) is 35.9 Å². The Kier molecular flexibility index (Phi) is 8.60. The molecule has 1 heterocycles. The van der Waals surface area contributed by atoms with E-state index in [0.717, 1.165) is 5.56 Å². The Morgan fingerprint density at radius 1 is 1.03 bits per heavy atom. The van der Waals surface area contributed by atoms with Crippen LogP contribution in [-0.4, -0.2) is 49.4 Å². The highest BCUT2D eigenvalue weighted by molar-refractivity contribution is 7.91. The van der Waals surface area contributed by atoms with E-state index in [-0.39, 0.29) is 23.7 Å². The third kappa shape index (κ3) is 6.99. The molecule has 0 bridgehead atoms. The number of benzene rings is 2. The molecule has 1 aromatic heterocycles. The van der Waals surface area contributed by atoms with Crippen molar-refractivity contribution in [3.63, 3.8) is 0 Å². The Hall–Kier alpha value is -3.01. The molecule has 0 aliphatic rings. The first-order valence-electron chi connectivity index (χ1n) is 10.5. The van der Waals surface area contributed by atoms with Gasteiger partial charge in [-0.1, -0.05) is 30.7 Å². The fraction of sp³-hybridized carbons (Fsp3) is 0.292. The summed E-state index contributed by atoms with van der Waals surface area (Å²) in [6, 6.07) is 15.2. The number of halogens is 1. The van der Waals surface area contributed by atoms with Gasteiger partial charge in [0.15, 0.2) is 21.3 Å². The van der Waals surface area contributed by atoms with Crippen LogP contribution < -0.4 is 19.8 Å². The zero-order valence-corrected chi connectivity index (χ0v) is 20.4. The minimum atomic E-state index is -3.33. The van der Waals surface area contributed by atoms with Crippen molar-refractivity contribution in [2.45, 2.75) is 19.6 Å². The van der Waals surface area contributed by atoms with E-state index >= 15 is 0 Å². The molecule has 182 valence electrons. The maximum atomic E-state index is 12.7. The maximum Gasteiger partial charge on any atom is 0.258 e. The van der Waals surface area contributed by atoms with Gasteiger partial charge >= 0.3 is 0 Å². The minimum Gasteiger partial charge on any atom is -0.493 e. The van der Waals surface area contributed by atoms with Crippen LogP contribution in [0, 0.1) is 0 Å². The number of nitrogens with zero attached hydrogens (tertiary/aromatic N) is 1. The highest BCUT2D eigenvalue weighted by Crippen LogP contribution is 2.29. The molecule has 0 amide bonds. The summed E-state index contributed by atoms with van der Waals surface area (Å²) in [4.78, 5) is 12.7. The number of hydrogen-bond donors (Lipinski definition) is 1. The molecule has 10 heteroatoms. The smallest absolute Gasteiger partial charge is 0.258 e. The Balaban J connectivity index is 1.69. The van der Waals surface area contributed by atoms with E-state index in [1.165, 1.54) is 24.7 Å². The summed E-state index contributed by atoms with van der Waals surface area (Å²) >= 11 is 5.88. The van der Waals surface area contributed by atoms with Crippen LogP contribution in [0.3, 0.4) is 0 Å². The number of methoxy groups -OCH3 is 1. The van der Waals surface area contributed by atoms with E-state index in [1.807, 2.05) is 12.1 Å². The number of aliphatic hydroxyl groups excluding tert-OH is 1. The molecule has 0 aliphatic heterocycles. The number of sulfone groups is 1. The van der Waals surface area contributed by atoms with E-state index in [2.05, 4.69) is 0 Å². The average molecular weight is 508 g/mol. The molecular weight excluding hydrogens is 482 g/mol. The third-order valence-corrected chi connectivity index (χ3v) is 6.98. The molecular formula is C24H26ClNO7S. The first kappa shape index (κ1) is 25.6. The van der Waals surface area contributed by atoms with Gasteiger partial charge in [0, 0.05) is 29.1 Å². The van der Waals surface area contributed by atoms with Gasteiger partial charge in [0.05, 0.1) is 18.6 Å². The molecule has 0 aliphatic carbocycles. The van der Waals surface area contributed by atoms with Crippen molar-refractivity contribution in [2.75, 3.05) is 25.2 Å². The predicted molar refractivity (Wildman–Crippen MR) is 130 cm³/mol. The molecule has 34 heavy (non-hydrogen) atoms. The highest BCUT2D eigenvalue weighted by Gasteiger charge is 2.17. The van der Waals surface area contributed by atoms with Crippen molar-refractivity contribution in [3.8, 4) is 22.9 Å². The molecule has 3 aromatic rings. The van der Waals surface area contributed by atoms with Gasteiger partial charge in [-0.25, -0.2) is 8.42 Å². The number of hydrogen-bond acceptors (Lipinski definition) is 7. The zero-order chi connectivity index (χ0) is 24.7. The lowest BCUT2D eigenvalue weighted by Gasteiger charge is -2.16. The number of ether oxygens (including phenoxy) is 3. The molecule has 8 nitrogen and oxygen atoms in total. The van der Waals surface area contributed by atoms with Crippen LogP contribution >= 0.6 is 11.6 Å². The van der Waals surface area contributed by atoms with Crippen molar-refractivity contribution >= 4 is 21.4 Å². The van der Waals surface area contributed by atoms with Gasteiger partial charge in [0.25, 0.3) is 5.56 Å². The molecule has 0 radical (unpaired) electrons. The van der Waals surface area contributed by atoms with Gasteiger partial charge in [0.2, 0.25) is 0 Å². The summed E-state index contributed by atoms with van der Waals surface area (Å²) in [7, 11) is -1.88. The molecule has 0 unspecified atom stereocenters. The van der Waals surface area contributed by atoms with E-state index < -0.39 is 15.9 Å². The quantitative estimate of drug-likeness (QED) is 0.425. The Labute approximate surface area is 203 Å². The fourth-order valence-corrected chi connectivity index (χ4v) is 4.13. The van der Waals surface area contributed by atoms with Gasteiger partial charge in [-0.15, -0.1) is 0 Å². The first-order chi connectivity index (χ1) is 16.2. The second-order valence-corrected chi connectivity index (χ2v) is 10.3. The first-order valence-corrected chi connectivity index (χ1v) is 12.7. The van der Waals surface area contributed by atoms with E-state index in [4.69, 9.17) is 25.8 Å². The van der Waals surface area contributed by atoms with Crippen LogP contribution in [0.1, 0.15) is 12.5 Å². The largest absolute Gasteiger partial charge is 0.493 e. The van der Waals surface area contributed by atoms with Crippen LogP contribution in [0.25, 0.3) is 5.69 Å². The number of aliphatic hydroxyl groups is 1. The molecule has 0 fully saturated rings. The van der Waals surface area contributed by atoms with Crippen LogP contribution in [-0.2, 0) is 16.4 Å². The summed E-state index contributed by atoms with van der Waals surface area (Å²) < 4.78 is 41.3. The van der Waals surface area contributed by atoms with E-state index in [9.17, 15) is 18.3 Å². The maximum absolute atomic E-state index is 12.7. The normalized spacial score (nSPS) is 12.2. The van der Waals surface area contributed by atoms with Crippen molar-refractivity contribution in [1.82, 2.24) is 4.57 Å². The van der Waals surface area contributed by atoms with Crippen molar-refractivity contribution in [1.29, 1.82) is 0 Å². The van der Waals surface area contributed by atoms with Gasteiger partial charge < -0.3 is 19.3 Å². The van der Waals surface area contributed by atoms with Crippen LogP contribution in [0.2, 0.25) is 5.02 Å². The number of aromatic nitrogens is 1. The van der Waals surface area contributed by atoms with E-state index in [0.29, 0.717) is 34.6 Å². The monoisotopic (exact) mass is 507 g/mol. The van der Waals surface area contributed by atoms with Gasteiger partial charge in [-0.3, -0.25) is 9.36 Å². The highest BCUT2D eigenvalue weighted by atomic mass is 35.5. The van der Waals surface area contributed by atoms with Crippen molar-refractivity contribution in [3.05, 3.63) is 81.7 Å². The zero-order valence-electron chi connectivity index (χ0n) is 18.8. The van der Waals surface area contributed by atoms with Crippen LogP contribution in [0.15, 0.2) is 65.6 Å². The number of pyridine rings is 1. The Morgan fingerprint density at radius 3 is 2.41 bits per heavy atom. The molecule has 1 atom stereocenters. The second-order valence-electron chi connectivity index (χ2n) is 7.48. The molecule has 0 spiro atoms. The Bertz CT molecular complexity index is 1270. The summed E-state index contributed by atoms with van der Waals surface area (Å²) in [6.45, 7) is 1.60. The molecule has 1 N–H and O–H groups in total. The predicted octanol–water partition coefficient (Wildman–Crippen LogP) is 3.25. The fourth-order valence-electron chi connectivity index (χ4n) is 3.08. The van der Waals surface area contributed by atoms with Crippen LogP contribution in [0.5, 0.6) is 17.2 Å². The second kappa shape index (κ2) is 11.4. The summed E-state index contributed by atoms with van der Waals surface area (Å²) in [5.41, 5.74) is 1.16. The summed E-state index contributed by atoms with van der Waals surface area (Å²) in [5.74, 6) is 0.639. The van der Waals surface area contributed by atoms with E-state index in [1.54, 1.807) is 42.6 Å². The van der Waals surface area contributed by atoms with Crippen LogP contribution in [0.4, 0.5) is 0 Å². The molecule has 3 rings (SSSR count). The lowest BCUT2D eigenvalue weighted by Crippen LogP contribution is -2.28. The molecule has 0 saturated carbocycles. The van der Waals surface area contributed by atoms with Crippen molar-refractivity contribution in [2.24, 2.45) is 0 Å². The van der Waals surface area contributed by atoms with Gasteiger partial charge in [-0.2, -0.15) is 0 Å².